The first-order valence-electron chi connectivity index (χ1n) is 7.19. The molecule has 0 heterocycles. The van der Waals surface area contributed by atoms with E-state index in [2.05, 4.69) is 67.0 Å². The summed E-state index contributed by atoms with van der Waals surface area (Å²) in [6.45, 7) is 0. The van der Waals surface area contributed by atoms with Crippen molar-refractivity contribution in [3.63, 3.8) is 0 Å². The van der Waals surface area contributed by atoms with Gasteiger partial charge in [0.15, 0.2) is 0 Å². The molecule has 98 valence electrons. The fourth-order valence-electron chi connectivity index (χ4n) is 3.12. The quantitative estimate of drug-likeness (QED) is 0.861. The van der Waals surface area contributed by atoms with Crippen LogP contribution >= 0.6 is 0 Å². The summed E-state index contributed by atoms with van der Waals surface area (Å²) < 4.78 is 0. The van der Waals surface area contributed by atoms with Gasteiger partial charge in [0.1, 0.15) is 0 Å². The molecule has 0 aromatic heterocycles. The molecular weight excluding hydrogens is 230 g/mol. The summed E-state index contributed by atoms with van der Waals surface area (Å²) in [5.41, 5.74) is 4.11. The van der Waals surface area contributed by atoms with E-state index >= 15 is 0 Å². The molecule has 0 amide bonds. The minimum Gasteiger partial charge on any atom is -0.317 e. The number of rotatable bonds is 3. The van der Waals surface area contributed by atoms with Gasteiger partial charge in [-0.3, -0.25) is 0 Å². The van der Waals surface area contributed by atoms with Gasteiger partial charge in [0.05, 0.1) is 0 Å². The summed E-state index contributed by atoms with van der Waals surface area (Å²) in [6, 6.07) is 20.4. The summed E-state index contributed by atoms with van der Waals surface area (Å²) in [5, 5.41) is 3.40. The molecular formula is C18H21N. The number of nitrogens with one attached hydrogen (secondary N) is 1. The standard InChI is InChI=1S/C18H21N/c1-19-18-12-11-17(13-18)16-9-7-15(8-10-16)14-5-3-2-4-6-14/h2-10,17-19H,11-13H2,1H3. The fourth-order valence-corrected chi connectivity index (χ4v) is 3.12. The van der Waals surface area contributed by atoms with Gasteiger partial charge in [-0.1, -0.05) is 54.6 Å². The number of benzene rings is 2. The highest BCUT2D eigenvalue weighted by atomic mass is 14.9. The highest BCUT2D eigenvalue weighted by Gasteiger charge is 2.24. The van der Waals surface area contributed by atoms with Crippen LogP contribution in [0.5, 0.6) is 0 Å². The molecule has 1 fully saturated rings. The number of hydrogen-bond donors (Lipinski definition) is 1. The Morgan fingerprint density at radius 2 is 1.53 bits per heavy atom. The van der Waals surface area contributed by atoms with Crippen molar-refractivity contribution < 1.29 is 0 Å². The smallest absolute Gasteiger partial charge is 0.00701 e. The summed E-state index contributed by atoms with van der Waals surface area (Å²) in [7, 11) is 2.07. The monoisotopic (exact) mass is 251 g/mol. The second kappa shape index (κ2) is 5.58. The molecule has 1 saturated carbocycles. The average Bonchev–Trinajstić information content (AvgIpc) is 2.97. The molecule has 1 nitrogen and oxygen atoms in total. The molecule has 1 aliphatic carbocycles. The molecule has 2 unspecified atom stereocenters. The van der Waals surface area contributed by atoms with E-state index < -0.39 is 0 Å². The van der Waals surface area contributed by atoms with Crippen molar-refractivity contribution in [3.05, 3.63) is 60.2 Å². The van der Waals surface area contributed by atoms with Crippen LogP contribution in [-0.2, 0) is 0 Å². The summed E-state index contributed by atoms with van der Waals surface area (Å²) in [4.78, 5) is 0. The van der Waals surface area contributed by atoms with E-state index in [0.717, 1.165) is 5.92 Å². The molecule has 2 aromatic rings. The Hall–Kier alpha value is -1.60. The first kappa shape index (κ1) is 12.4. The van der Waals surface area contributed by atoms with E-state index in [-0.39, 0.29) is 0 Å². The van der Waals surface area contributed by atoms with E-state index in [1.165, 1.54) is 36.0 Å². The summed E-state index contributed by atoms with van der Waals surface area (Å²) in [6.07, 6.45) is 3.90. The van der Waals surface area contributed by atoms with E-state index in [4.69, 9.17) is 0 Å². The van der Waals surface area contributed by atoms with Crippen LogP contribution in [0, 0.1) is 0 Å². The third kappa shape index (κ3) is 2.71. The predicted octanol–water partition coefficient (Wildman–Crippen LogP) is 4.21. The molecule has 3 rings (SSSR count). The largest absolute Gasteiger partial charge is 0.317 e. The zero-order chi connectivity index (χ0) is 13.1. The maximum absolute atomic E-state index is 3.40. The molecule has 1 aliphatic rings. The fraction of sp³-hybridized carbons (Fsp3) is 0.333. The van der Waals surface area contributed by atoms with Gasteiger partial charge in [-0.05, 0) is 48.9 Å². The second-order valence-electron chi connectivity index (χ2n) is 5.48. The highest BCUT2D eigenvalue weighted by molar-refractivity contribution is 5.63. The number of hydrogen-bond acceptors (Lipinski definition) is 1. The zero-order valence-corrected chi connectivity index (χ0v) is 11.5. The highest BCUT2D eigenvalue weighted by Crippen LogP contribution is 2.35. The van der Waals surface area contributed by atoms with Crippen molar-refractivity contribution in [2.45, 2.75) is 31.2 Å². The van der Waals surface area contributed by atoms with Crippen molar-refractivity contribution in [1.29, 1.82) is 0 Å². The van der Waals surface area contributed by atoms with Gasteiger partial charge in [-0.15, -0.1) is 0 Å². The molecule has 2 aromatic carbocycles. The van der Waals surface area contributed by atoms with Crippen molar-refractivity contribution in [2.24, 2.45) is 0 Å². The normalized spacial score (nSPS) is 22.6. The SMILES string of the molecule is CNC1CCC(c2ccc(-c3ccccc3)cc2)C1. The van der Waals surface area contributed by atoms with E-state index in [9.17, 15) is 0 Å². The van der Waals surface area contributed by atoms with Crippen LogP contribution in [0.25, 0.3) is 11.1 Å². The van der Waals surface area contributed by atoms with Gasteiger partial charge in [0.25, 0.3) is 0 Å². The van der Waals surface area contributed by atoms with Gasteiger partial charge >= 0.3 is 0 Å². The van der Waals surface area contributed by atoms with Crippen molar-refractivity contribution in [3.8, 4) is 11.1 Å². The van der Waals surface area contributed by atoms with Crippen LogP contribution in [0.4, 0.5) is 0 Å². The van der Waals surface area contributed by atoms with Crippen LogP contribution in [-0.4, -0.2) is 13.1 Å². The van der Waals surface area contributed by atoms with Gasteiger partial charge in [0.2, 0.25) is 0 Å². The van der Waals surface area contributed by atoms with E-state index in [0.29, 0.717) is 6.04 Å². The topological polar surface area (TPSA) is 12.0 Å². The molecule has 0 bridgehead atoms. The van der Waals surface area contributed by atoms with Crippen LogP contribution in [0.3, 0.4) is 0 Å². The molecule has 0 spiro atoms. The van der Waals surface area contributed by atoms with Crippen LogP contribution in [0.15, 0.2) is 54.6 Å². The maximum atomic E-state index is 3.40. The first-order chi connectivity index (χ1) is 9.36. The minimum atomic E-state index is 0.707. The Morgan fingerprint density at radius 1 is 0.842 bits per heavy atom. The lowest BCUT2D eigenvalue weighted by Gasteiger charge is -2.12. The summed E-state index contributed by atoms with van der Waals surface area (Å²) in [5.74, 6) is 0.738. The van der Waals surface area contributed by atoms with Gasteiger partial charge in [-0.25, -0.2) is 0 Å². The Labute approximate surface area is 115 Å². The molecule has 19 heavy (non-hydrogen) atoms. The van der Waals surface area contributed by atoms with Crippen LogP contribution in [0.1, 0.15) is 30.7 Å². The lowest BCUT2D eigenvalue weighted by Crippen LogP contribution is -2.21. The average molecular weight is 251 g/mol. The third-order valence-electron chi connectivity index (χ3n) is 4.33. The Kier molecular flexibility index (Phi) is 3.65. The van der Waals surface area contributed by atoms with Gasteiger partial charge < -0.3 is 5.32 Å². The van der Waals surface area contributed by atoms with E-state index in [1.807, 2.05) is 0 Å². The maximum Gasteiger partial charge on any atom is 0.00701 e. The van der Waals surface area contributed by atoms with Crippen molar-refractivity contribution in [1.82, 2.24) is 5.32 Å². The molecule has 2 atom stereocenters. The molecule has 0 radical (unpaired) electrons. The lowest BCUT2D eigenvalue weighted by atomic mass is 9.95. The van der Waals surface area contributed by atoms with Gasteiger partial charge in [0, 0.05) is 6.04 Å². The van der Waals surface area contributed by atoms with Gasteiger partial charge in [-0.2, -0.15) is 0 Å². The van der Waals surface area contributed by atoms with Crippen molar-refractivity contribution in [2.75, 3.05) is 7.05 Å². The minimum absolute atomic E-state index is 0.707. The van der Waals surface area contributed by atoms with Crippen LogP contribution < -0.4 is 5.32 Å². The Balaban J connectivity index is 1.76. The Bertz CT molecular complexity index is 515. The first-order valence-corrected chi connectivity index (χ1v) is 7.19. The zero-order valence-electron chi connectivity index (χ0n) is 11.5. The van der Waals surface area contributed by atoms with Crippen molar-refractivity contribution >= 4 is 0 Å². The molecule has 1 heteroatoms. The summed E-state index contributed by atoms with van der Waals surface area (Å²) >= 11 is 0. The molecule has 1 N–H and O–H groups in total. The molecule has 0 saturated heterocycles. The third-order valence-corrected chi connectivity index (χ3v) is 4.33. The van der Waals surface area contributed by atoms with Crippen LogP contribution in [0.2, 0.25) is 0 Å². The van der Waals surface area contributed by atoms with E-state index in [1.54, 1.807) is 0 Å². The molecule has 0 aliphatic heterocycles. The lowest BCUT2D eigenvalue weighted by molar-refractivity contribution is 0.572. The Morgan fingerprint density at radius 3 is 2.16 bits per heavy atom. The predicted molar refractivity (Wildman–Crippen MR) is 81.3 cm³/mol. The second-order valence-corrected chi connectivity index (χ2v) is 5.48.